The second kappa shape index (κ2) is 9.05. The number of amides is 2. The molecule has 4 nitrogen and oxygen atoms in total. The van der Waals surface area contributed by atoms with Gasteiger partial charge in [-0.1, -0.05) is 66.7 Å². The van der Waals surface area contributed by atoms with Gasteiger partial charge in [0, 0.05) is 25.6 Å². The van der Waals surface area contributed by atoms with Crippen LogP contribution in [0.5, 0.6) is 0 Å². The van der Waals surface area contributed by atoms with Crippen LogP contribution in [0.4, 0.5) is 0 Å². The summed E-state index contributed by atoms with van der Waals surface area (Å²) in [5.41, 5.74) is 2.51. The molecule has 0 spiro atoms. The highest BCUT2D eigenvalue weighted by Gasteiger charge is 2.36. The van der Waals surface area contributed by atoms with Crippen molar-refractivity contribution in [3.63, 3.8) is 0 Å². The lowest BCUT2D eigenvalue weighted by molar-refractivity contribution is -0.128. The van der Waals surface area contributed by atoms with Gasteiger partial charge in [0.1, 0.15) is 0 Å². The van der Waals surface area contributed by atoms with Crippen molar-refractivity contribution in [2.24, 2.45) is 5.92 Å². The Morgan fingerprint density at radius 2 is 1.55 bits per heavy atom. The molecule has 0 radical (unpaired) electrons. The van der Waals surface area contributed by atoms with Crippen LogP contribution in [0.15, 0.2) is 78.2 Å². The Labute approximate surface area is 175 Å². The minimum Gasteiger partial charge on any atom is -0.356 e. The third-order valence-electron chi connectivity index (χ3n) is 5.41. The van der Waals surface area contributed by atoms with Gasteiger partial charge in [0.15, 0.2) is 0 Å². The average Bonchev–Trinajstić information content (AvgIpc) is 3.26. The Balaban J connectivity index is 1.29. The molecular weight excluding hydrogens is 380 g/mol. The van der Waals surface area contributed by atoms with E-state index in [0.717, 1.165) is 11.3 Å². The first kappa shape index (κ1) is 19.4. The van der Waals surface area contributed by atoms with Crippen LogP contribution in [0, 0.1) is 5.92 Å². The minimum atomic E-state index is -0.106. The maximum Gasteiger partial charge on any atom is 0.263 e. The van der Waals surface area contributed by atoms with Gasteiger partial charge in [-0.25, -0.2) is 0 Å². The monoisotopic (exact) mass is 404 g/mol. The summed E-state index contributed by atoms with van der Waals surface area (Å²) in [6.07, 6.45) is 0.838. The van der Waals surface area contributed by atoms with E-state index in [4.69, 9.17) is 0 Å². The normalized spacial score (nSPS) is 13.9. The standard InChI is InChI=1S/C24H24N2O2S/c27-23(20-16-26(17-20)24(28)22-12-7-15-29-22)25-14-13-21(18-8-3-1-4-9-18)19-10-5-2-6-11-19/h1-12,15,20-21H,13-14,16-17H2,(H,25,27). The van der Waals surface area contributed by atoms with Crippen molar-refractivity contribution in [3.8, 4) is 0 Å². The number of thiophene rings is 1. The fraction of sp³-hybridized carbons (Fsp3) is 0.250. The molecule has 0 atom stereocenters. The Morgan fingerprint density at radius 1 is 0.931 bits per heavy atom. The maximum absolute atomic E-state index is 12.5. The van der Waals surface area contributed by atoms with Crippen molar-refractivity contribution < 1.29 is 9.59 Å². The first-order valence-electron chi connectivity index (χ1n) is 9.93. The van der Waals surface area contributed by atoms with Crippen LogP contribution in [-0.2, 0) is 4.79 Å². The van der Waals surface area contributed by atoms with Crippen LogP contribution < -0.4 is 5.32 Å². The van der Waals surface area contributed by atoms with Gasteiger partial charge in [0.2, 0.25) is 5.91 Å². The molecule has 4 rings (SSSR count). The van der Waals surface area contributed by atoms with Crippen LogP contribution in [0.2, 0.25) is 0 Å². The molecule has 1 saturated heterocycles. The van der Waals surface area contributed by atoms with Crippen molar-refractivity contribution in [2.75, 3.05) is 19.6 Å². The Kier molecular flexibility index (Phi) is 6.06. The molecule has 1 fully saturated rings. The highest BCUT2D eigenvalue weighted by atomic mass is 32.1. The van der Waals surface area contributed by atoms with Gasteiger partial charge in [0.05, 0.1) is 10.8 Å². The summed E-state index contributed by atoms with van der Waals surface area (Å²) in [5.74, 6) is 0.208. The van der Waals surface area contributed by atoms with Crippen LogP contribution in [0.3, 0.4) is 0 Å². The smallest absolute Gasteiger partial charge is 0.263 e. The lowest BCUT2D eigenvalue weighted by atomic mass is 9.88. The van der Waals surface area contributed by atoms with Gasteiger partial charge in [-0.05, 0) is 29.0 Å². The summed E-state index contributed by atoms with van der Waals surface area (Å²) >= 11 is 1.44. The second-order valence-corrected chi connectivity index (χ2v) is 8.29. The third-order valence-corrected chi connectivity index (χ3v) is 6.27. The van der Waals surface area contributed by atoms with Crippen molar-refractivity contribution in [2.45, 2.75) is 12.3 Å². The molecule has 1 aliphatic heterocycles. The van der Waals surface area contributed by atoms with Gasteiger partial charge in [0.25, 0.3) is 5.91 Å². The molecule has 1 aliphatic rings. The average molecular weight is 405 g/mol. The van der Waals surface area contributed by atoms with E-state index in [1.807, 2.05) is 29.6 Å². The van der Waals surface area contributed by atoms with E-state index in [9.17, 15) is 9.59 Å². The summed E-state index contributed by atoms with van der Waals surface area (Å²) in [5, 5.41) is 4.97. The van der Waals surface area contributed by atoms with E-state index >= 15 is 0 Å². The molecule has 148 valence electrons. The number of rotatable bonds is 7. The Bertz CT molecular complexity index is 896. The lowest BCUT2D eigenvalue weighted by Crippen LogP contribution is -2.55. The van der Waals surface area contributed by atoms with Crippen molar-refractivity contribution in [1.29, 1.82) is 0 Å². The number of carbonyl (C=O) groups excluding carboxylic acids is 2. The van der Waals surface area contributed by atoms with Gasteiger partial charge >= 0.3 is 0 Å². The molecule has 0 aliphatic carbocycles. The number of nitrogens with one attached hydrogen (secondary N) is 1. The van der Waals surface area contributed by atoms with Crippen LogP contribution >= 0.6 is 11.3 Å². The van der Waals surface area contributed by atoms with Gasteiger partial charge in [-0.2, -0.15) is 0 Å². The quantitative estimate of drug-likeness (QED) is 0.643. The molecular formula is C24H24N2O2S. The molecule has 2 heterocycles. The van der Waals surface area contributed by atoms with Crippen LogP contribution in [0.1, 0.15) is 33.1 Å². The van der Waals surface area contributed by atoms with Crippen molar-refractivity contribution >= 4 is 23.2 Å². The fourth-order valence-electron chi connectivity index (χ4n) is 3.75. The zero-order valence-corrected chi connectivity index (χ0v) is 17.0. The topological polar surface area (TPSA) is 49.4 Å². The van der Waals surface area contributed by atoms with E-state index in [0.29, 0.717) is 19.6 Å². The predicted molar refractivity (Wildman–Crippen MR) is 116 cm³/mol. The number of benzene rings is 2. The minimum absolute atomic E-state index is 0.0252. The fourth-order valence-corrected chi connectivity index (χ4v) is 4.44. The summed E-state index contributed by atoms with van der Waals surface area (Å²) in [7, 11) is 0. The third kappa shape index (κ3) is 4.57. The lowest BCUT2D eigenvalue weighted by Gasteiger charge is -2.38. The Hall–Kier alpha value is -2.92. The largest absolute Gasteiger partial charge is 0.356 e. The molecule has 0 bridgehead atoms. The molecule has 0 unspecified atom stereocenters. The zero-order chi connectivity index (χ0) is 20.1. The highest BCUT2D eigenvalue weighted by molar-refractivity contribution is 7.12. The van der Waals surface area contributed by atoms with Gasteiger partial charge < -0.3 is 10.2 Å². The molecule has 2 amide bonds. The van der Waals surface area contributed by atoms with Crippen LogP contribution in [-0.4, -0.2) is 36.3 Å². The Morgan fingerprint density at radius 3 is 2.10 bits per heavy atom. The van der Waals surface area contributed by atoms with E-state index in [2.05, 4.69) is 53.8 Å². The molecule has 1 aromatic heterocycles. The molecule has 5 heteroatoms. The summed E-state index contributed by atoms with van der Waals surface area (Å²) in [6, 6.07) is 24.5. The number of nitrogens with zero attached hydrogens (tertiary/aromatic N) is 1. The van der Waals surface area contributed by atoms with Crippen molar-refractivity contribution in [3.05, 3.63) is 94.2 Å². The first-order chi connectivity index (χ1) is 14.2. The first-order valence-corrected chi connectivity index (χ1v) is 10.8. The van der Waals surface area contributed by atoms with E-state index in [1.165, 1.54) is 22.5 Å². The summed E-state index contributed by atoms with van der Waals surface area (Å²) in [4.78, 5) is 27.2. The molecule has 29 heavy (non-hydrogen) atoms. The summed E-state index contributed by atoms with van der Waals surface area (Å²) < 4.78 is 0. The van der Waals surface area contributed by atoms with Gasteiger partial charge in [-0.15, -0.1) is 11.3 Å². The van der Waals surface area contributed by atoms with E-state index in [1.54, 1.807) is 4.90 Å². The highest BCUT2D eigenvalue weighted by Crippen LogP contribution is 2.27. The molecule has 3 aromatic rings. The predicted octanol–water partition coefficient (Wildman–Crippen LogP) is 4.16. The van der Waals surface area contributed by atoms with Crippen molar-refractivity contribution in [1.82, 2.24) is 10.2 Å². The summed E-state index contributed by atoms with van der Waals surface area (Å²) in [6.45, 7) is 1.62. The van der Waals surface area contributed by atoms with Gasteiger partial charge in [-0.3, -0.25) is 9.59 Å². The number of likely N-dealkylation sites (tertiary alicyclic amines) is 1. The second-order valence-electron chi connectivity index (χ2n) is 7.34. The molecule has 2 aromatic carbocycles. The number of hydrogen-bond acceptors (Lipinski definition) is 3. The maximum atomic E-state index is 12.5. The number of carbonyl (C=O) groups is 2. The molecule has 0 saturated carbocycles. The zero-order valence-electron chi connectivity index (χ0n) is 16.2. The molecule has 1 N–H and O–H groups in total. The number of hydrogen-bond donors (Lipinski definition) is 1. The van der Waals surface area contributed by atoms with E-state index < -0.39 is 0 Å². The van der Waals surface area contributed by atoms with Crippen LogP contribution in [0.25, 0.3) is 0 Å². The SMILES string of the molecule is O=C(NCCC(c1ccccc1)c1ccccc1)C1CN(C(=O)c2cccs2)C1. The van der Waals surface area contributed by atoms with E-state index in [-0.39, 0.29) is 23.7 Å².